The summed E-state index contributed by atoms with van der Waals surface area (Å²) in [6.45, 7) is 1.86. The molecule has 1 atom stereocenters. The zero-order valence-electron chi connectivity index (χ0n) is 11.5. The Labute approximate surface area is 114 Å². The summed E-state index contributed by atoms with van der Waals surface area (Å²) in [5, 5.41) is 3.07. The first-order valence-electron chi connectivity index (χ1n) is 7.30. The molecule has 2 aliphatic rings. The van der Waals surface area contributed by atoms with Crippen molar-refractivity contribution in [2.24, 2.45) is 11.7 Å². The molecule has 0 bridgehead atoms. The molecule has 3 N–H and O–H groups in total. The maximum absolute atomic E-state index is 12.4. The van der Waals surface area contributed by atoms with Gasteiger partial charge in [0.05, 0.1) is 5.54 Å². The van der Waals surface area contributed by atoms with Gasteiger partial charge in [0.25, 0.3) is 0 Å². The van der Waals surface area contributed by atoms with E-state index < -0.39 is 5.54 Å². The van der Waals surface area contributed by atoms with E-state index in [2.05, 4.69) is 11.4 Å². The van der Waals surface area contributed by atoms with Gasteiger partial charge in [0.15, 0.2) is 0 Å². The number of fused-ring (bicyclic) bond motifs is 1. The van der Waals surface area contributed by atoms with Crippen LogP contribution in [0.2, 0.25) is 0 Å². The standard InChI is InChI=1S/C16H22N2O/c1-16(17,12-9-10-12)15(19)18-14-8-4-6-11-5-2-3-7-13(11)14/h4,6,8,12H,2-3,5,7,9-10,17H2,1H3,(H,18,19). The predicted molar refractivity (Wildman–Crippen MR) is 77.0 cm³/mol. The Morgan fingerprint density at radius 1 is 1.32 bits per heavy atom. The Morgan fingerprint density at radius 2 is 2.05 bits per heavy atom. The molecule has 0 saturated heterocycles. The normalized spacial score (nSPS) is 21.4. The highest BCUT2D eigenvalue weighted by Crippen LogP contribution is 2.39. The maximum Gasteiger partial charge on any atom is 0.244 e. The van der Waals surface area contributed by atoms with E-state index >= 15 is 0 Å². The smallest absolute Gasteiger partial charge is 0.244 e. The number of rotatable bonds is 3. The Bertz CT molecular complexity index is 503. The average Bonchev–Trinajstić information content (AvgIpc) is 3.23. The van der Waals surface area contributed by atoms with E-state index in [-0.39, 0.29) is 5.91 Å². The van der Waals surface area contributed by atoms with Gasteiger partial charge in [-0.3, -0.25) is 4.79 Å². The molecule has 0 aliphatic heterocycles. The predicted octanol–water partition coefficient (Wildman–Crippen LogP) is 2.63. The highest BCUT2D eigenvalue weighted by atomic mass is 16.2. The number of amides is 1. The fourth-order valence-electron chi connectivity index (χ4n) is 3.02. The molecule has 0 aromatic heterocycles. The summed E-state index contributed by atoms with van der Waals surface area (Å²) >= 11 is 0. The van der Waals surface area contributed by atoms with Crippen molar-refractivity contribution in [1.82, 2.24) is 0 Å². The van der Waals surface area contributed by atoms with E-state index in [1.54, 1.807) is 0 Å². The molecular formula is C16H22N2O. The molecule has 1 saturated carbocycles. The number of hydrogen-bond donors (Lipinski definition) is 2. The van der Waals surface area contributed by atoms with Crippen LogP contribution in [0.1, 0.15) is 43.7 Å². The van der Waals surface area contributed by atoms with Crippen molar-refractivity contribution < 1.29 is 4.79 Å². The molecule has 2 aliphatic carbocycles. The minimum absolute atomic E-state index is 0.0334. The van der Waals surface area contributed by atoms with Gasteiger partial charge in [-0.1, -0.05) is 12.1 Å². The van der Waals surface area contributed by atoms with Gasteiger partial charge in [-0.05, 0) is 68.6 Å². The molecule has 1 fully saturated rings. The minimum atomic E-state index is -0.725. The van der Waals surface area contributed by atoms with Gasteiger partial charge in [0.2, 0.25) is 5.91 Å². The van der Waals surface area contributed by atoms with Gasteiger partial charge in [-0.15, -0.1) is 0 Å². The lowest BCUT2D eigenvalue weighted by molar-refractivity contribution is -0.121. The van der Waals surface area contributed by atoms with Gasteiger partial charge in [0, 0.05) is 5.69 Å². The van der Waals surface area contributed by atoms with Crippen molar-refractivity contribution in [2.75, 3.05) is 5.32 Å². The van der Waals surface area contributed by atoms with E-state index in [1.807, 2.05) is 19.1 Å². The van der Waals surface area contributed by atoms with Crippen molar-refractivity contribution in [1.29, 1.82) is 0 Å². The van der Waals surface area contributed by atoms with Crippen LogP contribution < -0.4 is 11.1 Å². The highest BCUT2D eigenvalue weighted by Gasteiger charge is 2.44. The van der Waals surface area contributed by atoms with Crippen molar-refractivity contribution in [3.63, 3.8) is 0 Å². The van der Waals surface area contributed by atoms with E-state index in [9.17, 15) is 4.79 Å². The number of nitrogens with one attached hydrogen (secondary N) is 1. The van der Waals surface area contributed by atoms with Gasteiger partial charge >= 0.3 is 0 Å². The zero-order valence-corrected chi connectivity index (χ0v) is 11.5. The van der Waals surface area contributed by atoms with Crippen LogP contribution in [0.4, 0.5) is 5.69 Å². The first kappa shape index (κ1) is 12.7. The second-order valence-electron chi connectivity index (χ2n) is 6.16. The summed E-state index contributed by atoms with van der Waals surface area (Å²) in [4.78, 5) is 12.4. The molecule has 3 nitrogen and oxygen atoms in total. The van der Waals surface area contributed by atoms with Gasteiger partial charge in [-0.2, -0.15) is 0 Å². The fraction of sp³-hybridized carbons (Fsp3) is 0.562. The lowest BCUT2D eigenvalue weighted by atomic mass is 9.90. The maximum atomic E-state index is 12.4. The average molecular weight is 258 g/mol. The lowest BCUT2D eigenvalue weighted by Gasteiger charge is -2.25. The molecule has 1 unspecified atom stereocenters. The minimum Gasteiger partial charge on any atom is -0.324 e. The summed E-state index contributed by atoms with van der Waals surface area (Å²) in [5.41, 5.74) is 9.12. The largest absolute Gasteiger partial charge is 0.324 e. The monoisotopic (exact) mass is 258 g/mol. The summed E-state index contributed by atoms with van der Waals surface area (Å²) in [6, 6.07) is 6.21. The van der Waals surface area contributed by atoms with Crippen molar-refractivity contribution in [3.05, 3.63) is 29.3 Å². The Kier molecular flexibility index (Phi) is 3.09. The third-order valence-corrected chi connectivity index (χ3v) is 4.56. The summed E-state index contributed by atoms with van der Waals surface area (Å²) in [5.74, 6) is 0.320. The summed E-state index contributed by atoms with van der Waals surface area (Å²) in [6.07, 6.45) is 6.81. The van der Waals surface area contributed by atoms with Crippen molar-refractivity contribution in [3.8, 4) is 0 Å². The molecule has 1 aromatic rings. The van der Waals surface area contributed by atoms with Crippen LogP contribution in [0.15, 0.2) is 18.2 Å². The second-order valence-corrected chi connectivity index (χ2v) is 6.16. The molecule has 1 aromatic carbocycles. The molecule has 0 spiro atoms. The number of hydrogen-bond acceptors (Lipinski definition) is 2. The van der Waals surface area contributed by atoms with Crippen LogP contribution in [-0.4, -0.2) is 11.4 Å². The topological polar surface area (TPSA) is 55.1 Å². The first-order valence-corrected chi connectivity index (χ1v) is 7.30. The highest BCUT2D eigenvalue weighted by molar-refractivity contribution is 5.98. The van der Waals surface area contributed by atoms with Crippen LogP contribution in [0.3, 0.4) is 0 Å². The van der Waals surface area contributed by atoms with Crippen molar-refractivity contribution in [2.45, 2.75) is 51.0 Å². The van der Waals surface area contributed by atoms with E-state index in [0.29, 0.717) is 5.92 Å². The fourth-order valence-corrected chi connectivity index (χ4v) is 3.02. The summed E-state index contributed by atoms with van der Waals surface area (Å²) < 4.78 is 0. The molecule has 102 valence electrons. The molecule has 0 heterocycles. The van der Waals surface area contributed by atoms with Crippen LogP contribution in [-0.2, 0) is 17.6 Å². The number of anilines is 1. The summed E-state index contributed by atoms with van der Waals surface area (Å²) in [7, 11) is 0. The van der Waals surface area contributed by atoms with Crippen molar-refractivity contribution >= 4 is 11.6 Å². The number of aryl methyl sites for hydroxylation is 1. The number of carbonyl (C=O) groups is 1. The molecule has 3 heteroatoms. The van der Waals surface area contributed by atoms with Crippen LogP contribution in [0, 0.1) is 5.92 Å². The number of carbonyl (C=O) groups excluding carboxylic acids is 1. The Balaban J connectivity index is 1.81. The third kappa shape index (κ3) is 2.39. The van der Waals surface area contributed by atoms with E-state index in [4.69, 9.17) is 5.73 Å². The van der Waals surface area contributed by atoms with Gasteiger partial charge in [-0.25, -0.2) is 0 Å². The SMILES string of the molecule is CC(N)(C(=O)Nc1cccc2c1CCCC2)C1CC1. The first-order chi connectivity index (χ1) is 9.09. The van der Waals surface area contributed by atoms with Gasteiger partial charge < -0.3 is 11.1 Å². The lowest BCUT2D eigenvalue weighted by Crippen LogP contribution is -2.50. The second kappa shape index (κ2) is 4.64. The number of nitrogens with two attached hydrogens (primary N) is 1. The molecular weight excluding hydrogens is 236 g/mol. The Morgan fingerprint density at radius 3 is 2.79 bits per heavy atom. The number of benzene rings is 1. The quantitative estimate of drug-likeness (QED) is 0.875. The van der Waals surface area contributed by atoms with Crippen LogP contribution in [0.25, 0.3) is 0 Å². The molecule has 0 radical (unpaired) electrons. The third-order valence-electron chi connectivity index (χ3n) is 4.56. The molecule has 19 heavy (non-hydrogen) atoms. The van der Waals surface area contributed by atoms with E-state index in [1.165, 1.54) is 24.0 Å². The van der Waals surface area contributed by atoms with Gasteiger partial charge in [0.1, 0.15) is 0 Å². The van der Waals surface area contributed by atoms with Crippen LogP contribution >= 0.6 is 0 Å². The molecule has 3 rings (SSSR count). The zero-order chi connectivity index (χ0) is 13.5. The van der Waals surface area contributed by atoms with Crippen LogP contribution in [0.5, 0.6) is 0 Å². The Hall–Kier alpha value is -1.35. The van der Waals surface area contributed by atoms with E-state index in [0.717, 1.165) is 31.4 Å². The molecule has 1 amide bonds.